The zero-order valence-corrected chi connectivity index (χ0v) is 12.7. The molecule has 0 saturated heterocycles. The van der Waals surface area contributed by atoms with Crippen molar-refractivity contribution in [2.45, 2.75) is 13.8 Å². The van der Waals surface area contributed by atoms with Crippen LogP contribution in [0.1, 0.15) is 17.0 Å². The summed E-state index contributed by atoms with van der Waals surface area (Å²) >= 11 is 1.37. The van der Waals surface area contributed by atoms with Crippen molar-refractivity contribution >= 4 is 24.0 Å². The predicted octanol–water partition coefficient (Wildman–Crippen LogP) is 1.48. The van der Waals surface area contributed by atoms with E-state index in [1.807, 2.05) is 38.3 Å². The average molecular weight is 297 g/mol. The van der Waals surface area contributed by atoms with Gasteiger partial charge in [-0.2, -0.15) is 0 Å². The van der Waals surface area contributed by atoms with Crippen LogP contribution in [0, 0.1) is 13.8 Å². The monoisotopic (exact) mass is 297 g/mol. The summed E-state index contributed by atoms with van der Waals surface area (Å²) in [5.41, 5.74) is 4.15. The molecule has 0 aromatic carbocycles. The van der Waals surface area contributed by atoms with Gasteiger partial charge in [0.1, 0.15) is 0 Å². The summed E-state index contributed by atoms with van der Waals surface area (Å²) in [7, 11) is 0. The Morgan fingerprint density at radius 3 is 2.86 bits per heavy atom. The molecule has 1 N–H and O–H groups in total. The minimum Gasteiger partial charge on any atom is -0.316 e. The van der Waals surface area contributed by atoms with Crippen molar-refractivity contribution in [2.24, 2.45) is 0 Å². The van der Waals surface area contributed by atoms with Gasteiger partial charge in [0.25, 0.3) is 5.56 Å². The van der Waals surface area contributed by atoms with Crippen LogP contribution < -0.4 is 14.8 Å². The normalized spacial score (nSPS) is 12.0. The van der Waals surface area contributed by atoms with Gasteiger partial charge in [-0.05, 0) is 43.7 Å². The molecule has 0 aliphatic heterocycles. The van der Waals surface area contributed by atoms with Gasteiger partial charge < -0.3 is 9.55 Å². The summed E-state index contributed by atoms with van der Waals surface area (Å²) < 4.78 is 3.48. The van der Waals surface area contributed by atoms with Gasteiger partial charge in [0.2, 0.25) is 0 Å². The first-order chi connectivity index (χ1) is 10.1. The lowest BCUT2D eigenvalue weighted by molar-refractivity contribution is 0.954. The van der Waals surface area contributed by atoms with Crippen LogP contribution in [0.3, 0.4) is 0 Å². The summed E-state index contributed by atoms with van der Waals surface area (Å²) in [5.74, 6) is 0. The standard InChI is InChI=1S/C16H15N3OS/c1-10-7-13(8-15-16(20)18-12(3)21-15)11(2)19(10)14-5-4-6-17-9-14/h4-9H,3H2,1-2H3,(H,18,20)/b15-8+. The predicted molar refractivity (Wildman–Crippen MR) is 86.3 cm³/mol. The first-order valence-electron chi connectivity index (χ1n) is 6.55. The smallest absolute Gasteiger partial charge is 0.266 e. The van der Waals surface area contributed by atoms with Gasteiger partial charge >= 0.3 is 0 Å². The number of hydrogen-bond acceptors (Lipinski definition) is 3. The Hall–Kier alpha value is -2.40. The third kappa shape index (κ3) is 2.48. The maximum absolute atomic E-state index is 11.8. The van der Waals surface area contributed by atoms with Crippen molar-refractivity contribution in [2.75, 3.05) is 0 Å². The number of nitrogens with zero attached hydrogens (tertiary/aromatic N) is 2. The molecular weight excluding hydrogens is 282 g/mol. The second-order valence-electron chi connectivity index (χ2n) is 4.86. The number of nitrogens with one attached hydrogen (secondary N) is 1. The molecule has 21 heavy (non-hydrogen) atoms. The van der Waals surface area contributed by atoms with Crippen LogP contribution in [-0.2, 0) is 0 Å². The molecule has 0 bridgehead atoms. The van der Waals surface area contributed by atoms with E-state index >= 15 is 0 Å². The van der Waals surface area contributed by atoms with Crippen molar-refractivity contribution in [3.05, 3.63) is 67.1 Å². The molecule has 0 saturated carbocycles. The van der Waals surface area contributed by atoms with Gasteiger partial charge in [0.15, 0.2) is 0 Å². The van der Waals surface area contributed by atoms with E-state index in [1.165, 1.54) is 11.3 Å². The van der Waals surface area contributed by atoms with E-state index in [1.54, 1.807) is 6.20 Å². The van der Waals surface area contributed by atoms with Crippen LogP contribution in [0.5, 0.6) is 0 Å². The lowest BCUT2D eigenvalue weighted by Crippen LogP contribution is -2.19. The molecule has 0 unspecified atom stereocenters. The number of hydrogen-bond donors (Lipinski definition) is 1. The van der Waals surface area contributed by atoms with Crippen molar-refractivity contribution < 1.29 is 0 Å². The molecule has 0 fully saturated rings. The Labute approximate surface area is 125 Å². The van der Waals surface area contributed by atoms with E-state index in [9.17, 15) is 4.79 Å². The molecule has 3 heterocycles. The van der Waals surface area contributed by atoms with Crippen LogP contribution in [0.4, 0.5) is 0 Å². The summed E-state index contributed by atoms with van der Waals surface area (Å²) in [6.07, 6.45) is 5.49. The SMILES string of the molecule is C=c1[nH]c(=O)/c(=C\c2cc(C)n(-c3cccnc3)c2C)s1. The fourth-order valence-corrected chi connectivity index (χ4v) is 3.18. The molecule has 106 valence electrons. The number of aromatic amines is 1. The Bertz CT molecular complexity index is 948. The van der Waals surface area contributed by atoms with E-state index in [-0.39, 0.29) is 5.56 Å². The number of aryl methyl sites for hydroxylation is 1. The zero-order chi connectivity index (χ0) is 15.0. The van der Waals surface area contributed by atoms with Gasteiger partial charge in [0.05, 0.1) is 21.1 Å². The van der Waals surface area contributed by atoms with Crippen molar-refractivity contribution in [1.82, 2.24) is 14.5 Å². The van der Waals surface area contributed by atoms with E-state index in [2.05, 4.69) is 27.2 Å². The minimum atomic E-state index is -0.0869. The van der Waals surface area contributed by atoms with Crippen LogP contribution in [-0.4, -0.2) is 14.5 Å². The van der Waals surface area contributed by atoms with Crippen molar-refractivity contribution in [1.29, 1.82) is 0 Å². The Morgan fingerprint density at radius 1 is 1.43 bits per heavy atom. The molecule has 3 aromatic heterocycles. The van der Waals surface area contributed by atoms with Gasteiger partial charge in [-0.3, -0.25) is 9.78 Å². The summed E-state index contributed by atoms with van der Waals surface area (Å²) in [6, 6.07) is 6.00. The topological polar surface area (TPSA) is 50.7 Å². The second kappa shape index (κ2) is 5.18. The molecule has 0 atom stereocenters. The Morgan fingerprint density at radius 2 is 2.24 bits per heavy atom. The second-order valence-corrected chi connectivity index (χ2v) is 6.00. The van der Waals surface area contributed by atoms with Gasteiger partial charge in [-0.1, -0.05) is 6.58 Å². The Kier molecular flexibility index (Phi) is 3.35. The Balaban J connectivity index is 2.20. The maximum atomic E-state index is 11.8. The van der Waals surface area contributed by atoms with Crippen LogP contribution in [0.25, 0.3) is 18.3 Å². The van der Waals surface area contributed by atoms with Gasteiger partial charge in [-0.25, -0.2) is 0 Å². The van der Waals surface area contributed by atoms with Crippen molar-refractivity contribution in [3.8, 4) is 5.69 Å². The summed E-state index contributed by atoms with van der Waals surface area (Å²) in [6.45, 7) is 7.85. The van der Waals surface area contributed by atoms with Crippen LogP contribution in [0.2, 0.25) is 0 Å². The molecule has 0 aliphatic rings. The number of H-pyrrole nitrogens is 1. The largest absolute Gasteiger partial charge is 0.316 e. The minimum absolute atomic E-state index is 0.0869. The fraction of sp³-hybridized carbons (Fsp3) is 0.125. The van der Waals surface area contributed by atoms with Gasteiger partial charge in [0, 0.05) is 17.6 Å². The average Bonchev–Trinajstić information content (AvgIpc) is 2.91. The summed E-state index contributed by atoms with van der Waals surface area (Å²) in [5, 5.41) is 0. The maximum Gasteiger partial charge on any atom is 0.266 e. The fourth-order valence-electron chi connectivity index (χ4n) is 2.45. The highest BCUT2D eigenvalue weighted by molar-refractivity contribution is 7.07. The first-order valence-corrected chi connectivity index (χ1v) is 7.37. The molecule has 0 radical (unpaired) electrons. The molecule has 0 aliphatic carbocycles. The summed E-state index contributed by atoms with van der Waals surface area (Å²) in [4.78, 5) is 18.7. The lowest BCUT2D eigenvalue weighted by Gasteiger charge is -2.08. The highest BCUT2D eigenvalue weighted by atomic mass is 32.1. The molecule has 5 heteroatoms. The molecule has 3 rings (SSSR count). The molecule has 3 aromatic rings. The first kappa shape index (κ1) is 13.6. The lowest BCUT2D eigenvalue weighted by atomic mass is 10.2. The molecular formula is C16H15N3OS. The quantitative estimate of drug-likeness (QED) is 0.779. The van der Waals surface area contributed by atoms with E-state index in [4.69, 9.17) is 0 Å². The number of aromatic nitrogens is 3. The van der Waals surface area contributed by atoms with Crippen LogP contribution in [0.15, 0.2) is 35.4 Å². The highest BCUT2D eigenvalue weighted by Crippen LogP contribution is 2.20. The van der Waals surface area contributed by atoms with E-state index < -0.39 is 0 Å². The van der Waals surface area contributed by atoms with Crippen LogP contribution >= 0.6 is 11.3 Å². The third-order valence-electron chi connectivity index (χ3n) is 3.37. The zero-order valence-electron chi connectivity index (χ0n) is 11.9. The molecule has 0 spiro atoms. The number of thiazole rings is 1. The third-order valence-corrected chi connectivity index (χ3v) is 4.24. The number of rotatable bonds is 2. The van der Waals surface area contributed by atoms with Crippen molar-refractivity contribution in [3.63, 3.8) is 0 Å². The molecule has 4 nitrogen and oxygen atoms in total. The van der Waals surface area contributed by atoms with E-state index in [0.29, 0.717) is 9.20 Å². The van der Waals surface area contributed by atoms with E-state index in [0.717, 1.165) is 22.6 Å². The molecule has 0 amide bonds. The highest BCUT2D eigenvalue weighted by Gasteiger charge is 2.09. The number of pyridine rings is 1. The van der Waals surface area contributed by atoms with Gasteiger partial charge in [-0.15, -0.1) is 11.3 Å².